The molecule has 28 heavy (non-hydrogen) atoms. The lowest BCUT2D eigenvalue weighted by Gasteiger charge is -2.29. The molecule has 0 spiro atoms. The van der Waals surface area contributed by atoms with Gasteiger partial charge in [0.15, 0.2) is 16.3 Å². The fourth-order valence-electron chi connectivity index (χ4n) is 4.80. The summed E-state index contributed by atoms with van der Waals surface area (Å²) in [6.07, 6.45) is -1.32. The van der Waals surface area contributed by atoms with E-state index in [1.165, 1.54) is 0 Å². The number of fused-ring (bicyclic) bond motifs is 5. The molecule has 0 amide bonds. The minimum Gasteiger partial charge on any atom is -0.343 e. The van der Waals surface area contributed by atoms with Crippen molar-refractivity contribution in [1.82, 2.24) is 9.13 Å². The first kappa shape index (κ1) is 17.0. The number of hydrogen-bond donors (Lipinski definition) is 0. The molecule has 8 nitrogen and oxygen atoms in total. The zero-order chi connectivity index (χ0) is 19.0. The number of para-hydroxylation sites is 2. The third-order valence-corrected chi connectivity index (χ3v) is 6.49. The lowest BCUT2D eigenvalue weighted by molar-refractivity contribution is -0.156. The molecule has 0 N–H and O–H groups in total. The van der Waals surface area contributed by atoms with Crippen LogP contribution in [-0.2, 0) is 28.5 Å². The molecular formula is C19H18N2O6S. The number of nitrogens with zero attached hydrogens (tertiary/aromatic N) is 2. The Morgan fingerprint density at radius 1 is 0.821 bits per heavy atom. The second kappa shape index (κ2) is 6.04. The molecule has 0 unspecified atom stereocenters. The van der Waals surface area contributed by atoms with Gasteiger partial charge in [-0.1, -0.05) is 12.1 Å². The largest absolute Gasteiger partial charge is 0.343 e. The standard InChI is InChI=1S/C19H18N2O6S/c22-13-5-11(15-7-24-17(13)26-15)20-9-3-1-2-4-10(9)21(19(20)28)12-6-14(23)18-25-8-16(12)27-18/h1-4,11-12,15-18H,5-8H2/t11-,12-,15+,16+,17-,18+/m1/s1. The Balaban J connectivity index is 1.52. The van der Waals surface area contributed by atoms with Crippen LogP contribution < -0.4 is 0 Å². The summed E-state index contributed by atoms with van der Waals surface area (Å²) in [5, 5.41) is 0. The van der Waals surface area contributed by atoms with Crippen molar-refractivity contribution >= 4 is 34.8 Å². The van der Waals surface area contributed by atoms with Crippen LogP contribution in [0.15, 0.2) is 24.3 Å². The number of rotatable bonds is 2. The summed E-state index contributed by atoms with van der Waals surface area (Å²) in [5.74, 6) is -0.138. The van der Waals surface area contributed by atoms with E-state index in [4.69, 9.17) is 31.2 Å². The molecule has 4 bridgehead atoms. The number of ketones is 2. The second-order valence-electron chi connectivity index (χ2n) is 7.67. The summed E-state index contributed by atoms with van der Waals surface area (Å²) in [7, 11) is 0. The molecule has 6 rings (SSSR count). The van der Waals surface area contributed by atoms with E-state index in [0.717, 1.165) is 11.0 Å². The van der Waals surface area contributed by atoms with Gasteiger partial charge in [-0.05, 0) is 24.4 Å². The Bertz CT molecular complexity index is 980. The van der Waals surface area contributed by atoms with E-state index in [2.05, 4.69) is 0 Å². The van der Waals surface area contributed by atoms with Crippen LogP contribution in [0.5, 0.6) is 0 Å². The second-order valence-corrected chi connectivity index (χ2v) is 8.03. The summed E-state index contributed by atoms with van der Waals surface area (Å²) in [6, 6.07) is 7.36. The molecule has 1 aromatic heterocycles. The van der Waals surface area contributed by atoms with Gasteiger partial charge >= 0.3 is 0 Å². The van der Waals surface area contributed by atoms with Gasteiger partial charge in [0.25, 0.3) is 0 Å². The lowest BCUT2D eigenvalue weighted by atomic mass is 10.0. The van der Waals surface area contributed by atoms with Gasteiger partial charge in [-0.2, -0.15) is 0 Å². The third-order valence-electron chi connectivity index (χ3n) is 6.10. The van der Waals surface area contributed by atoms with Crippen molar-refractivity contribution in [3.8, 4) is 0 Å². The Hall–Kier alpha value is -1.91. The van der Waals surface area contributed by atoms with Crippen LogP contribution in [0.2, 0.25) is 0 Å². The summed E-state index contributed by atoms with van der Waals surface area (Å²) in [6.45, 7) is 0.733. The molecule has 4 aliphatic heterocycles. The predicted molar refractivity (Wildman–Crippen MR) is 97.3 cm³/mol. The maximum Gasteiger partial charge on any atom is 0.218 e. The molecule has 1 aromatic carbocycles. The molecule has 0 aliphatic carbocycles. The summed E-state index contributed by atoms with van der Waals surface area (Å²) in [5.41, 5.74) is 1.82. The molecule has 9 heteroatoms. The number of benzene rings is 1. The average Bonchev–Trinajstić information content (AvgIpc) is 3.38. The first-order chi connectivity index (χ1) is 13.6. The minimum atomic E-state index is -0.749. The number of Topliss-reactive ketones (excluding diaryl/α,β-unsaturated/α-hetero) is 2. The van der Waals surface area contributed by atoms with Crippen LogP contribution >= 0.6 is 12.2 Å². The quantitative estimate of drug-likeness (QED) is 0.707. The van der Waals surface area contributed by atoms with Crippen molar-refractivity contribution in [3.63, 3.8) is 0 Å². The third kappa shape index (κ3) is 2.28. The lowest BCUT2D eigenvalue weighted by Crippen LogP contribution is -2.38. The Kier molecular flexibility index (Phi) is 3.67. The van der Waals surface area contributed by atoms with E-state index in [0.29, 0.717) is 30.8 Å². The molecule has 0 saturated carbocycles. The van der Waals surface area contributed by atoms with Crippen molar-refractivity contribution < 1.29 is 28.5 Å². The SMILES string of the molecule is O=C1C[C@@H](n2c(=S)n([C@@H]3CC(=O)[C@H]4OC[C@@H]3O4)c3ccccc32)[C@@H]2CO[C@@H]1O2. The molecule has 4 aliphatic rings. The maximum absolute atomic E-state index is 12.4. The van der Waals surface area contributed by atoms with Gasteiger partial charge in [0.2, 0.25) is 12.6 Å². The van der Waals surface area contributed by atoms with Crippen LogP contribution in [0.1, 0.15) is 24.9 Å². The molecule has 146 valence electrons. The smallest absolute Gasteiger partial charge is 0.218 e. The van der Waals surface area contributed by atoms with Gasteiger partial charge in [0.05, 0.1) is 36.3 Å². The maximum atomic E-state index is 12.4. The topological polar surface area (TPSA) is 80.9 Å². The molecular weight excluding hydrogens is 384 g/mol. The highest BCUT2D eigenvalue weighted by molar-refractivity contribution is 7.71. The van der Waals surface area contributed by atoms with Crippen molar-refractivity contribution in [2.75, 3.05) is 13.2 Å². The van der Waals surface area contributed by atoms with Gasteiger partial charge in [0.1, 0.15) is 12.2 Å². The summed E-state index contributed by atoms with van der Waals surface area (Å²) < 4.78 is 27.0. The number of aromatic nitrogens is 2. The normalized spacial score (nSPS) is 37.1. The molecule has 0 radical (unpaired) electrons. The Labute approximate surface area is 164 Å². The number of hydrogen-bond acceptors (Lipinski definition) is 7. The van der Waals surface area contributed by atoms with Gasteiger partial charge in [-0.25, -0.2) is 0 Å². The molecule has 6 atom stereocenters. The van der Waals surface area contributed by atoms with Crippen LogP contribution in [-0.4, -0.2) is 58.7 Å². The zero-order valence-corrected chi connectivity index (χ0v) is 15.7. The van der Waals surface area contributed by atoms with Gasteiger partial charge < -0.3 is 28.1 Å². The van der Waals surface area contributed by atoms with Crippen molar-refractivity contribution in [2.24, 2.45) is 0 Å². The highest BCUT2D eigenvalue weighted by Gasteiger charge is 2.47. The minimum absolute atomic E-state index is 0.0688. The van der Waals surface area contributed by atoms with E-state index in [1.54, 1.807) is 0 Å². The van der Waals surface area contributed by atoms with Crippen molar-refractivity contribution in [2.45, 2.75) is 49.7 Å². The highest BCUT2D eigenvalue weighted by Crippen LogP contribution is 2.39. The van der Waals surface area contributed by atoms with Crippen LogP contribution in [0.4, 0.5) is 0 Å². The van der Waals surface area contributed by atoms with Crippen molar-refractivity contribution in [1.29, 1.82) is 0 Å². The Morgan fingerprint density at radius 3 is 1.75 bits per heavy atom. The van der Waals surface area contributed by atoms with Gasteiger partial charge in [-0.15, -0.1) is 0 Å². The monoisotopic (exact) mass is 402 g/mol. The van der Waals surface area contributed by atoms with Crippen LogP contribution in [0, 0.1) is 4.77 Å². The first-order valence-electron chi connectivity index (χ1n) is 9.43. The van der Waals surface area contributed by atoms with Crippen molar-refractivity contribution in [3.05, 3.63) is 29.0 Å². The number of carbonyl (C=O) groups excluding carboxylic acids is 2. The first-order valence-corrected chi connectivity index (χ1v) is 9.83. The number of carbonyl (C=O) groups is 2. The van der Waals surface area contributed by atoms with E-state index < -0.39 is 12.6 Å². The fourth-order valence-corrected chi connectivity index (χ4v) is 5.27. The van der Waals surface area contributed by atoms with E-state index >= 15 is 0 Å². The Morgan fingerprint density at radius 2 is 1.29 bits per heavy atom. The van der Waals surface area contributed by atoms with E-state index in [-0.39, 0.29) is 35.9 Å². The number of ether oxygens (including phenoxy) is 4. The molecule has 4 fully saturated rings. The number of imidazole rings is 1. The molecule has 5 heterocycles. The molecule has 2 aromatic rings. The summed E-state index contributed by atoms with van der Waals surface area (Å²) in [4.78, 5) is 24.7. The fraction of sp³-hybridized carbons (Fsp3) is 0.526. The van der Waals surface area contributed by atoms with E-state index in [9.17, 15) is 9.59 Å². The van der Waals surface area contributed by atoms with Gasteiger partial charge in [0, 0.05) is 12.8 Å². The molecule has 4 saturated heterocycles. The zero-order valence-electron chi connectivity index (χ0n) is 14.9. The average molecular weight is 402 g/mol. The highest BCUT2D eigenvalue weighted by atomic mass is 32.1. The summed E-state index contributed by atoms with van der Waals surface area (Å²) >= 11 is 5.87. The van der Waals surface area contributed by atoms with Crippen LogP contribution in [0.25, 0.3) is 11.0 Å². The predicted octanol–water partition coefficient (Wildman–Crippen LogP) is 1.68. The van der Waals surface area contributed by atoms with Crippen LogP contribution in [0.3, 0.4) is 0 Å². The van der Waals surface area contributed by atoms with E-state index in [1.807, 2.05) is 33.4 Å². The van der Waals surface area contributed by atoms with Gasteiger partial charge in [-0.3, -0.25) is 9.59 Å².